The van der Waals surface area contributed by atoms with E-state index in [2.05, 4.69) is 106 Å². The number of aryl methyl sites for hydroxylation is 2. The lowest BCUT2D eigenvalue weighted by Crippen LogP contribution is -2.41. The highest BCUT2D eigenvalue weighted by molar-refractivity contribution is 6.73. The van der Waals surface area contributed by atoms with Crippen LogP contribution in [-0.2, 0) is 10.8 Å². The molecule has 0 radical (unpaired) electrons. The Balaban J connectivity index is 1.21. The van der Waals surface area contributed by atoms with Crippen molar-refractivity contribution in [1.82, 2.24) is 0 Å². The van der Waals surface area contributed by atoms with Gasteiger partial charge in [-0.25, -0.2) is 0 Å². The first-order chi connectivity index (χ1) is 25.0. The second-order valence-electron chi connectivity index (χ2n) is 16.3. The van der Waals surface area contributed by atoms with Gasteiger partial charge in [0.2, 0.25) is 0 Å². The first kappa shape index (κ1) is 31.1. The van der Waals surface area contributed by atoms with Crippen molar-refractivity contribution >= 4 is 46.6 Å². The lowest BCUT2D eigenvalue weighted by molar-refractivity contribution is 0.332. The molecule has 0 atom stereocenters. The fourth-order valence-electron chi connectivity index (χ4n) is 8.79. The third-order valence-corrected chi connectivity index (χ3v) is 11.7. The van der Waals surface area contributed by atoms with Crippen molar-refractivity contribution in [1.29, 1.82) is 0 Å². The van der Waals surface area contributed by atoms with Gasteiger partial charge in [-0.2, -0.15) is 0 Å². The number of fused-ring (bicyclic) bond motifs is 7. The van der Waals surface area contributed by atoms with Crippen LogP contribution in [0.25, 0.3) is 11.1 Å². The molecule has 5 nitrogen and oxygen atoms in total. The summed E-state index contributed by atoms with van der Waals surface area (Å²) in [7, 11) is 0.735. The molecule has 0 spiro atoms. The molecule has 6 aromatic rings. The minimum atomic E-state index is 0.0636. The van der Waals surface area contributed by atoms with Gasteiger partial charge >= 0.3 is 0 Å². The topological polar surface area (TPSA) is 43.0 Å². The predicted octanol–water partition coefficient (Wildman–Crippen LogP) is 11.2. The van der Waals surface area contributed by atoms with E-state index < -0.39 is 0 Å². The Morgan fingerprint density at radius 1 is 0.577 bits per heavy atom. The Labute approximate surface area is 306 Å². The number of anilines is 5. The fourth-order valence-corrected chi connectivity index (χ4v) is 8.79. The van der Waals surface area contributed by atoms with Gasteiger partial charge in [0, 0.05) is 28.7 Å². The van der Waals surface area contributed by atoms with Crippen molar-refractivity contribution < 1.29 is 14.2 Å². The van der Waals surface area contributed by atoms with Gasteiger partial charge in [-0.3, -0.25) is 0 Å². The summed E-state index contributed by atoms with van der Waals surface area (Å²) in [5, 5.41) is 3.73. The van der Waals surface area contributed by atoms with Gasteiger partial charge in [-0.05, 0) is 119 Å². The monoisotopic (exact) mass is 680 g/mol. The molecular weight excluding hydrogens is 639 g/mol. The summed E-state index contributed by atoms with van der Waals surface area (Å²) >= 11 is 0. The number of hydrogen-bond acceptors (Lipinski definition) is 5. The van der Waals surface area contributed by atoms with Crippen molar-refractivity contribution in [2.75, 3.05) is 10.2 Å². The molecule has 0 fully saturated rings. The van der Waals surface area contributed by atoms with Crippen LogP contribution in [0.15, 0.2) is 103 Å². The molecule has 52 heavy (non-hydrogen) atoms. The molecule has 0 amide bonds. The molecule has 6 aromatic carbocycles. The first-order valence-electron chi connectivity index (χ1n) is 18.4. The maximum Gasteiger partial charge on any atom is 0.198 e. The zero-order valence-corrected chi connectivity index (χ0v) is 30.6. The molecule has 3 heterocycles. The molecule has 0 aromatic heterocycles. The summed E-state index contributed by atoms with van der Waals surface area (Å²) in [4.78, 5) is 2.50. The molecule has 6 heteroatoms. The summed E-state index contributed by atoms with van der Waals surface area (Å²) in [5.74, 6) is 4.59. The Hall–Kier alpha value is -5.62. The van der Waals surface area contributed by atoms with Crippen LogP contribution in [0.2, 0.25) is 0 Å². The van der Waals surface area contributed by atoms with E-state index in [-0.39, 0.29) is 10.8 Å². The number of rotatable bonds is 2. The molecule has 3 aliphatic heterocycles. The van der Waals surface area contributed by atoms with Crippen LogP contribution in [0.3, 0.4) is 0 Å². The summed E-state index contributed by atoms with van der Waals surface area (Å²) in [6, 6.07) is 36.4. The molecular formula is C46H41BN2O3. The first-order valence-corrected chi connectivity index (χ1v) is 18.4. The Bertz CT molecular complexity index is 2500. The highest BCUT2D eigenvalue weighted by Gasteiger charge is 2.39. The smallest absolute Gasteiger partial charge is 0.198 e. The van der Waals surface area contributed by atoms with Crippen molar-refractivity contribution in [3.8, 4) is 45.6 Å². The van der Waals surface area contributed by atoms with E-state index in [1.54, 1.807) is 0 Å². The number of ether oxygens (including phenoxy) is 3. The van der Waals surface area contributed by atoms with Crippen molar-refractivity contribution in [2.45, 2.75) is 65.2 Å². The van der Waals surface area contributed by atoms with E-state index in [9.17, 15) is 0 Å². The molecule has 256 valence electrons. The molecule has 0 saturated heterocycles. The van der Waals surface area contributed by atoms with Crippen molar-refractivity contribution in [3.05, 3.63) is 125 Å². The summed E-state index contributed by atoms with van der Waals surface area (Å²) < 4.78 is 19.5. The average molecular weight is 681 g/mol. The average Bonchev–Trinajstić information content (AvgIpc) is 3.13. The largest absolute Gasteiger partial charge is 0.453 e. The van der Waals surface area contributed by atoms with E-state index in [0.717, 1.165) is 70.8 Å². The van der Waals surface area contributed by atoms with E-state index in [4.69, 9.17) is 14.2 Å². The van der Waals surface area contributed by atoms with Crippen LogP contribution in [-0.4, -0.2) is 7.28 Å². The standard InChI is InChI=1S/C46H41BN2O3/c1-26-20-29(28-12-11-17-40-44(28)48-33-13-7-8-14-37(33)50-40)43-36(21-26)49(34-23-31-30(22-27(34)2)45(3,4)18-19-46(31,5)6)35-25-42-41(24-32(35)47-43)51-38-15-9-10-16-39(38)52-42/h7-17,20-25,47-48H,18-19H2,1-6H3. The van der Waals surface area contributed by atoms with Crippen LogP contribution in [0.5, 0.6) is 34.5 Å². The number of benzene rings is 6. The highest BCUT2D eigenvalue weighted by atomic mass is 16.6. The Morgan fingerprint density at radius 3 is 1.96 bits per heavy atom. The van der Waals surface area contributed by atoms with Crippen LogP contribution < -0.4 is 35.4 Å². The Morgan fingerprint density at radius 2 is 1.21 bits per heavy atom. The van der Waals surface area contributed by atoms with Gasteiger partial charge in [-0.15, -0.1) is 0 Å². The minimum Gasteiger partial charge on any atom is -0.453 e. The molecule has 0 unspecified atom stereocenters. The summed E-state index contributed by atoms with van der Waals surface area (Å²) in [6.45, 7) is 14.1. The van der Waals surface area contributed by atoms with Crippen LogP contribution in [0, 0.1) is 13.8 Å². The van der Waals surface area contributed by atoms with Crippen molar-refractivity contribution in [3.63, 3.8) is 0 Å². The van der Waals surface area contributed by atoms with Gasteiger partial charge in [-0.1, -0.05) is 81.7 Å². The van der Waals surface area contributed by atoms with Crippen molar-refractivity contribution in [2.24, 2.45) is 0 Å². The third-order valence-electron chi connectivity index (χ3n) is 11.7. The summed E-state index contributed by atoms with van der Waals surface area (Å²) in [5.41, 5.74) is 15.8. The number of para-hydroxylation sites is 5. The second-order valence-corrected chi connectivity index (χ2v) is 16.3. The minimum absolute atomic E-state index is 0.0636. The van der Waals surface area contributed by atoms with Crippen LogP contribution in [0.4, 0.5) is 28.4 Å². The fraction of sp³-hybridized carbons (Fsp3) is 0.217. The number of nitrogens with one attached hydrogen (secondary N) is 1. The SMILES string of the molecule is Cc1cc(-c2cccc3c2Nc2ccccc2O3)c2c(c1)N(c1cc3c(cc1C)C(C)(C)CCC3(C)C)c1cc3c(cc1B2)Oc1ccccc1O3. The molecule has 1 N–H and O–H groups in total. The van der Waals surface area contributed by atoms with E-state index in [1.165, 1.54) is 56.5 Å². The Kier molecular flexibility index (Phi) is 6.56. The van der Waals surface area contributed by atoms with E-state index >= 15 is 0 Å². The number of nitrogens with zero attached hydrogens (tertiary/aromatic N) is 1. The van der Waals surface area contributed by atoms with Gasteiger partial charge in [0.15, 0.2) is 41.8 Å². The second kappa shape index (κ2) is 10.9. The molecule has 0 bridgehead atoms. The lowest BCUT2D eigenvalue weighted by atomic mass is 9.57. The quantitative estimate of drug-likeness (QED) is 0.184. The van der Waals surface area contributed by atoms with Gasteiger partial charge in [0.1, 0.15) is 0 Å². The van der Waals surface area contributed by atoms with Gasteiger partial charge in [0.05, 0.1) is 11.4 Å². The molecule has 1 aliphatic carbocycles. The molecule has 10 rings (SSSR count). The number of hydrogen-bond donors (Lipinski definition) is 1. The van der Waals surface area contributed by atoms with Gasteiger partial charge < -0.3 is 24.4 Å². The molecule has 0 saturated carbocycles. The maximum atomic E-state index is 6.53. The van der Waals surface area contributed by atoms with E-state index in [1.807, 2.05) is 48.5 Å². The highest BCUT2D eigenvalue weighted by Crippen LogP contribution is 2.53. The zero-order valence-electron chi connectivity index (χ0n) is 30.6. The van der Waals surface area contributed by atoms with Crippen LogP contribution in [0.1, 0.15) is 62.8 Å². The summed E-state index contributed by atoms with van der Waals surface area (Å²) in [6.07, 6.45) is 2.33. The van der Waals surface area contributed by atoms with Crippen LogP contribution >= 0.6 is 0 Å². The lowest BCUT2D eigenvalue weighted by Gasteiger charge is -2.44. The normalized spacial score (nSPS) is 16.4. The zero-order chi connectivity index (χ0) is 35.5. The predicted molar refractivity (Wildman–Crippen MR) is 214 cm³/mol. The van der Waals surface area contributed by atoms with E-state index in [0.29, 0.717) is 0 Å². The molecule has 4 aliphatic rings. The third kappa shape index (κ3) is 4.70. The maximum absolute atomic E-state index is 6.53. The van der Waals surface area contributed by atoms with Gasteiger partial charge in [0.25, 0.3) is 0 Å².